The van der Waals surface area contributed by atoms with Crippen molar-refractivity contribution in [1.29, 1.82) is 0 Å². The fourth-order valence-electron chi connectivity index (χ4n) is 3.14. The summed E-state index contributed by atoms with van der Waals surface area (Å²) in [4.78, 5) is 30.6. The molecule has 0 saturated heterocycles. The maximum absolute atomic E-state index is 13.1. The van der Waals surface area contributed by atoms with E-state index < -0.39 is 5.97 Å². The number of pyridine rings is 1. The zero-order valence-corrected chi connectivity index (χ0v) is 16.4. The highest BCUT2D eigenvalue weighted by molar-refractivity contribution is 5.94. The number of esters is 1. The molecule has 2 rings (SSSR count). The molecule has 0 spiro atoms. The lowest BCUT2D eigenvalue weighted by Gasteiger charge is -2.22. The van der Waals surface area contributed by atoms with Crippen molar-refractivity contribution in [2.24, 2.45) is 0 Å². The number of carbonyl (C=O) groups is 1. The number of carbonyl (C=O) groups excluding carboxylic acids is 1. The normalized spacial score (nSPS) is 11.3. The average Bonchev–Trinajstić information content (AvgIpc) is 2.65. The molecule has 0 aliphatic rings. The summed E-state index contributed by atoms with van der Waals surface area (Å²) >= 11 is 0. The van der Waals surface area contributed by atoms with Crippen LogP contribution >= 0.6 is 0 Å². The predicted octanol–water partition coefficient (Wildman–Crippen LogP) is 4.03. The Morgan fingerprint density at radius 2 is 1.81 bits per heavy atom. The standard InChI is InChI=1S/C21H30N2O3/c1-5-7-11-23(12-8-6-2)14-18-15(3)22-19-10-9-16(21(25)26-4)13-17(19)20(18)24/h9-10,13H,5-8,11-12,14H2,1-4H3,(H,22,24). The fourth-order valence-corrected chi connectivity index (χ4v) is 3.14. The molecule has 26 heavy (non-hydrogen) atoms. The van der Waals surface area contributed by atoms with Crippen molar-refractivity contribution in [2.75, 3.05) is 20.2 Å². The van der Waals surface area contributed by atoms with E-state index in [1.165, 1.54) is 7.11 Å². The quantitative estimate of drug-likeness (QED) is 0.688. The van der Waals surface area contributed by atoms with Gasteiger partial charge in [0.05, 0.1) is 12.7 Å². The van der Waals surface area contributed by atoms with Gasteiger partial charge in [0.15, 0.2) is 5.43 Å². The van der Waals surface area contributed by atoms with Gasteiger partial charge in [0.2, 0.25) is 0 Å². The Morgan fingerprint density at radius 1 is 1.15 bits per heavy atom. The van der Waals surface area contributed by atoms with E-state index in [9.17, 15) is 9.59 Å². The first-order chi connectivity index (χ1) is 12.5. The van der Waals surface area contributed by atoms with Gasteiger partial charge in [-0.15, -0.1) is 0 Å². The largest absolute Gasteiger partial charge is 0.465 e. The van der Waals surface area contributed by atoms with Gasteiger partial charge in [0.1, 0.15) is 0 Å². The summed E-state index contributed by atoms with van der Waals surface area (Å²) in [6.45, 7) is 8.94. The summed E-state index contributed by atoms with van der Waals surface area (Å²) in [5, 5.41) is 0.541. The Kier molecular flexibility index (Phi) is 7.39. The number of aromatic amines is 1. The summed E-state index contributed by atoms with van der Waals surface area (Å²) in [6, 6.07) is 5.08. The third-order valence-corrected chi connectivity index (χ3v) is 4.77. The number of hydrogen-bond donors (Lipinski definition) is 1. The van der Waals surface area contributed by atoms with Crippen molar-refractivity contribution in [3.05, 3.63) is 45.2 Å². The van der Waals surface area contributed by atoms with E-state index in [4.69, 9.17) is 4.74 Å². The van der Waals surface area contributed by atoms with Gasteiger partial charge in [-0.25, -0.2) is 4.79 Å². The van der Waals surface area contributed by atoms with Gasteiger partial charge in [-0.1, -0.05) is 26.7 Å². The molecule has 1 aromatic heterocycles. The number of aromatic nitrogens is 1. The first kappa shape index (κ1) is 20.2. The maximum Gasteiger partial charge on any atom is 0.337 e. The summed E-state index contributed by atoms with van der Waals surface area (Å²) < 4.78 is 4.77. The van der Waals surface area contributed by atoms with Gasteiger partial charge in [-0.2, -0.15) is 0 Å². The van der Waals surface area contributed by atoms with Gasteiger partial charge in [0, 0.05) is 28.7 Å². The van der Waals surface area contributed by atoms with Crippen LogP contribution in [-0.2, 0) is 11.3 Å². The summed E-state index contributed by atoms with van der Waals surface area (Å²) in [7, 11) is 1.34. The number of methoxy groups -OCH3 is 1. The highest BCUT2D eigenvalue weighted by atomic mass is 16.5. The Morgan fingerprint density at radius 3 is 2.38 bits per heavy atom. The number of ether oxygens (including phenoxy) is 1. The van der Waals surface area contributed by atoms with Crippen LogP contribution in [0.2, 0.25) is 0 Å². The minimum atomic E-state index is -0.430. The molecule has 0 aliphatic heterocycles. The molecule has 0 atom stereocenters. The Bertz CT molecular complexity index is 803. The number of rotatable bonds is 9. The van der Waals surface area contributed by atoms with Crippen molar-refractivity contribution >= 4 is 16.9 Å². The van der Waals surface area contributed by atoms with Gasteiger partial charge in [-0.3, -0.25) is 9.69 Å². The number of unbranched alkanes of at least 4 members (excludes halogenated alkanes) is 2. The molecule has 142 valence electrons. The molecule has 0 aliphatic carbocycles. The average molecular weight is 358 g/mol. The van der Waals surface area contributed by atoms with Crippen molar-refractivity contribution in [3.63, 3.8) is 0 Å². The second-order valence-electron chi connectivity index (χ2n) is 6.79. The molecule has 0 fully saturated rings. The SMILES string of the molecule is CCCCN(CCCC)Cc1c(C)[nH]c2ccc(C(=O)OC)cc2c1=O. The summed E-state index contributed by atoms with van der Waals surface area (Å²) in [5.74, 6) is -0.430. The van der Waals surface area contributed by atoms with E-state index in [1.807, 2.05) is 6.92 Å². The zero-order valence-electron chi connectivity index (χ0n) is 16.4. The van der Waals surface area contributed by atoms with Crippen molar-refractivity contribution in [3.8, 4) is 0 Å². The maximum atomic E-state index is 13.1. The number of fused-ring (bicyclic) bond motifs is 1. The van der Waals surface area contributed by atoms with Crippen LogP contribution < -0.4 is 5.43 Å². The zero-order chi connectivity index (χ0) is 19.1. The lowest BCUT2D eigenvalue weighted by Crippen LogP contribution is -2.29. The van der Waals surface area contributed by atoms with E-state index in [1.54, 1.807) is 18.2 Å². The van der Waals surface area contributed by atoms with Gasteiger partial charge in [-0.05, 0) is 51.1 Å². The number of nitrogens with one attached hydrogen (secondary N) is 1. The monoisotopic (exact) mass is 358 g/mol. The van der Waals surface area contributed by atoms with Crippen LogP contribution in [0, 0.1) is 6.92 Å². The van der Waals surface area contributed by atoms with Gasteiger partial charge in [0.25, 0.3) is 0 Å². The second kappa shape index (κ2) is 9.53. The van der Waals surface area contributed by atoms with Crippen LogP contribution in [0.25, 0.3) is 10.9 Å². The second-order valence-corrected chi connectivity index (χ2v) is 6.79. The Balaban J connectivity index is 2.41. The van der Waals surface area contributed by atoms with Crippen LogP contribution in [0.4, 0.5) is 0 Å². The van der Waals surface area contributed by atoms with E-state index in [0.29, 0.717) is 17.5 Å². The molecular weight excluding hydrogens is 328 g/mol. The van der Waals surface area contributed by atoms with Crippen LogP contribution in [-0.4, -0.2) is 36.1 Å². The van der Waals surface area contributed by atoms with E-state index in [-0.39, 0.29) is 5.43 Å². The first-order valence-electron chi connectivity index (χ1n) is 9.48. The lowest BCUT2D eigenvalue weighted by molar-refractivity contribution is 0.0601. The first-order valence-corrected chi connectivity index (χ1v) is 9.48. The molecule has 1 aromatic carbocycles. The molecule has 0 unspecified atom stereocenters. The van der Waals surface area contributed by atoms with Crippen LogP contribution in [0.15, 0.2) is 23.0 Å². The summed E-state index contributed by atoms with van der Waals surface area (Å²) in [6.07, 6.45) is 4.53. The van der Waals surface area contributed by atoms with Crippen molar-refractivity contribution in [1.82, 2.24) is 9.88 Å². The van der Waals surface area contributed by atoms with E-state index in [2.05, 4.69) is 23.7 Å². The topological polar surface area (TPSA) is 62.4 Å². The molecule has 0 radical (unpaired) electrons. The molecule has 1 heterocycles. The minimum absolute atomic E-state index is 0.000000000000000222. The Hall–Kier alpha value is -2.14. The van der Waals surface area contributed by atoms with E-state index in [0.717, 1.165) is 55.5 Å². The smallest absolute Gasteiger partial charge is 0.337 e. The highest BCUT2D eigenvalue weighted by Gasteiger charge is 2.15. The van der Waals surface area contributed by atoms with Crippen LogP contribution in [0.3, 0.4) is 0 Å². The van der Waals surface area contributed by atoms with Gasteiger partial charge < -0.3 is 9.72 Å². The lowest BCUT2D eigenvalue weighted by atomic mass is 10.1. The minimum Gasteiger partial charge on any atom is -0.465 e. The number of H-pyrrole nitrogens is 1. The van der Waals surface area contributed by atoms with Crippen LogP contribution in [0.1, 0.15) is 61.1 Å². The number of hydrogen-bond acceptors (Lipinski definition) is 4. The highest BCUT2D eigenvalue weighted by Crippen LogP contribution is 2.16. The predicted molar refractivity (Wildman–Crippen MR) is 106 cm³/mol. The molecule has 1 N–H and O–H groups in total. The Labute approximate surface area is 155 Å². The number of benzene rings is 1. The summed E-state index contributed by atoms with van der Waals surface area (Å²) in [5.41, 5.74) is 2.82. The molecule has 0 saturated carbocycles. The molecule has 0 bridgehead atoms. The molecule has 5 nitrogen and oxygen atoms in total. The third kappa shape index (κ3) is 4.73. The van der Waals surface area contributed by atoms with Crippen molar-refractivity contribution < 1.29 is 9.53 Å². The van der Waals surface area contributed by atoms with Crippen molar-refractivity contribution in [2.45, 2.75) is 53.0 Å². The number of aryl methyl sites for hydroxylation is 1. The molecular formula is C21H30N2O3. The molecule has 2 aromatic rings. The number of nitrogens with zero attached hydrogens (tertiary/aromatic N) is 1. The molecule has 5 heteroatoms. The molecule has 0 amide bonds. The fraction of sp³-hybridized carbons (Fsp3) is 0.524. The van der Waals surface area contributed by atoms with Gasteiger partial charge >= 0.3 is 5.97 Å². The third-order valence-electron chi connectivity index (χ3n) is 4.77. The van der Waals surface area contributed by atoms with Crippen LogP contribution in [0.5, 0.6) is 0 Å². The van der Waals surface area contributed by atoms with E-state index >= 15 is 0 Å².